The second kappa shape index (κ2) is 2.35. The predicted octanol–water partition coefficient (Wildman–Crippen LogP) is -0.354. The molecule has 3 nitrogen and oxygen atoms in total. The smallest absolute Gasteiger partial charge is 0.248 e. The minimum atomic E-state index is -0.856. The lowest BCUT2D eigenvalue weighted by atomic mass is 10.4. The van der Waals surface area contributed by atoms with Crippen LogP contribution >= 0.6 is 0 Å². The average Bonchev–Trinajstić information content (AvgIpc) is 2.50. The highest BCUT2D eigenvalue weighted by molar-refractivity contribution is 5.80. The van der Waals surface area contributed by atoms with Gasteiger partial charge in [-0.1, -0.05) is 0 Å². The number of hydrogen-bond donors (Lipinski definition) is 2. The van der Waals surface area contributed by atoms with E-state index in [-0.39, 0.29) is 5.91 Å². The standard InChI is InChI=1S/C6H11NO2/c1-4(8)6(9)7-5-2-3-5/h4-5,8H,2-3H2,1H3,(H,7,9)/t4-/m1/s1. The van der Waals surface area contributed by atoms with E-state index in [0.29, 0.717) is 6.04 Å². The first-order valence-electron chi connectivity index (χ1n) is 3.18. The molecule has 0 radical (unpaired) electrons. The van der Waals surface area contributed by atoms with E-state index >= 15 is 0 Å². The Kier molecular flexibility index (Phi) is 1.71. The molecule has 9 heavy (non-hydrogen) atoms. The number of amides is 1. The van der Waals surface area contributed by atoms with Crippen molar-refractivity contribution >= 4 is 5.91 Å². The van der Waals surface area contributed by atoms with Crippen LogP contribution in [0.25, 0.3) is 0 Å². The van der Waals surface area contributed by atoms with Crippen molar-refractivity contribution in [3.63, 3.8) is 0 Å². The van der Waals surface area contributed by atoms with Gasteiger partial charge in [0.2, 0.25) is 5.91 Å². The van der Waals surface area contributed by atoms with Gasteiger partial charge in [0, 0.05) is 6.04 Å². The fourth-order valence-corrected chi connectivity index (χ4v) is 0.549. The first-order valence-corrected chi connectivity index (χ1v) is 3.18. The van der Waals surface area contributed by atoms with Gasteiger partial charge in [-0.15, -0.1) is 0 Å². The molecule has 1 fully saturated rings. The van der Waals surface area contributed by atoms with Crippen molar-refractivity contribution in [3.8, 4) is 0 Å². The maximum atomic E-state index is 10.6. The van der Waals surface area contributed by atoms with Gasteiger partial charge in [-0.2, -0.15) is 0 Å². The van der Waals surface area contributed by atoms with Gasteiger partial charge >= 0.3 is 0 Å². The quantitative estimate of drug-likeness (QED) is 0.535. The maximum absolute atomic E-state index is 10.6. The van der Waals surface area contributed by atoms with Crippen molar-refractivity contribution in [1.29, 1.82) is 0 Å². The van der Waals surface area contributed by atoms with Gasteiger partial charge in [0.15, 0.2) is 0 Å². The summed E-state index contributed by atoms with van der Waals surface area (Å²) >= 11 is 0. The van der Waals surface area contributed by atoms with Gasteiger partial charge in [0.25, 0.3) is 0 Å². The Hall–Kier alpha value is -0.570. The summed E-state index contributed by atoms with van der Waals surface area (Å²) in [5.74, 6) is -0.252. The number of nitrogens with one attached hydrogen (secondary N) is 1. The summed E-state index contributed by atoms with van der Waals surface area (Å²) in [7, 11) is 0. The minimum absolute atomic E-state index is 0.252. The molecule has 0 aromatic heterocycles. The van der Waals surface area contributed by atoms with Crippen molar-refractivity contribution in [2.75, 3.05) is 0 Å². The highest BCUT2D eigenvalue weighted by Gasteiger charge is 2.24. The average molecular weight is 129 g/mol. The molecule has 1 aliphatic rings. The topological polar surface area (TPSA) is 49.3 Å². The van der Waals surface area contributed by atoms with Crippen LogP contribution in [-0.2, 0) is 4.79 Å². The molecule has 2 N–H and O–H groups in total. The third kappa shape index (κ3) is 2.01. The summed E-state index contributed by atoms with van der Waals surface area (Å²) in [6.07, 6.45) is 1.28. The normalized spacial score (nSPS) is 21.1. The molecule has 1 saturated carbocycles. The lowest BCUT2D eigenvalue weighted by Crippen LogP contribution is -2.33. The lowest BCUT2D eigenvalue weighted by Gasteiger charge is -2.03. The maximum Gasteiger partial charge on any atom is 0.248 e. The van der Waals surface area contributed by atoms with Crippen LogP contribution in [-0.4, -0.2) is 23.2 Å². The molecule has 0 unspecified atom stereocenters. The Morgan fingerprint density at radius 2 is 2.33 bits per heavy atom. The van der Waals surface area contributed by atoms with E-state index in [0.717, 1.165) is 12.8 Å². The van der Waals surface area contributed by atoms with Gasteiger partial charge < -0.3 is 10.4 Å². The zero-order chi connectivity index (χ0) is 6.85. The summed E-state index contributed by atoms with van der Waals surface area (Å²) in [6.45, 7) is 1.47. The van der Waals surface area contributed by atoms with Gasteiger partial charge in [-0.3, -0.25) is 4.79 Å². The highest BCUT2D eigenvalue weighted by Crippen LogP contribution is 2.18. The molecule has 0 heterocycles. The molecule has 0 aromatic carbocycles. The molecule has 1 amide bonds. The Morgan fingerprint density at radius 1 is 1.78 bits per heavy atom. The van der Waals surface area contributed by atoms with E-state index in [4.69, 9.17) is 5.11 Å². The third-order valence-corrected chi connectivity index (χ3v) is 1.30. The number of aliphatic hydroxyl groups excluding tert-OH is 1. The van der Waals surface area contributed by atoms with E-state index in [2.05, 4.69) is 5.32 Å². The molecule has 3 heteroatoms. The summed E-state index contributed by atoms with van der Waals surface area (Å²) in [4.78, 5) is 10.6. The highest BCUT2D eigenvalue weighted by atomic mass is 16.3. The Morgan fingerprint density at radius 3 is 2.67 bits per heavy atom. The Bertz CT molecular complexity index is 118. The zero-order valence-corrected chi connectivity index (χ0v) is 5.42. The van der Waals surface area contributed by atoms with Crippen LogP contribution in [0.5, 0.6) is 0 Å². The molecule has 0 aliphatic heterocycles. The first-order chi connectivity index (χ1) is 4.20. The van der Waals surface area contributed by atoms with Crippen LogP contribution in [0, 0.1) is 0 Å². The number of carbonyl (C=O) groups excluding carboxylic acids is 1. The summed E-state index contributed by atoms with van der Waals surface area (Å²) < 4.78 is 0. The molecule has 0 spiro atoms. The van der Waals surface area contributed by atoms with Gasteiger partial charge in [0.1, 0.15) is 6.10 Å². The van der Waals surface area contributed by atoms with Crippen molar-refractivity contribution in [3.05, 3.63) is 0 Å². The van der Waals surface area contributed by atoms with Crippen molar-refractivity contribution in [1.82, 2.24) is 5.32 Å². The lowest BCUT2D eigenvalue weighted by molar-refractivity contribution is -0.128. The summed E-state index contributed by atoms with van der Waals surface area (Å²) in [6, 6.07) is 0.354. The zero-order valence-electron chi connectivity index (χ0n) is 5.42. The van der Waals surface area contributed by atoms with E-state index in [9.17, 15) is 4.79 Å². The largest absolute Gasteiger partial charge is 0.384 e. The van der Waals surface area contributed by atoms with Gasteiger partial charge in [0.05, 0.1) is 0 Å². The molecular weight excluding hydrogens is 118 g/mol. The molecule has 1 atom stereocenters. The van der Waals surface area contributed by atoms with Gasteiger partial charge in [-0.05, 0) is 19.8 Å². The predicted molar refractivity (Wildman–Crippen MR) is 32.8 cm³/mol. The molecule has 0 saturated heterocycles. The molecule has 1 rings (SSSR count). The SMILES string of the molecule is C[C@@H](O)C(=O)NC1CC1. The fraction of sp³-hybridized carbons (Fsp3) is 0.833. The minimum Gasteiger partial charge on any atom is -0.384 e. The van der Waals surface area contributed by atoms with E-state index < -0.39 is 6.10 Å². The first kappa shape index (κ1) is 6.55. The van der Waals surface area contributed by atoms with Crippen molar-refractivity contribution in [2.24, 2.45) is 0 Å². The summed E-state index contributed by atoms with van der Waals surface area (Å²) in [5, 5.41) is 11.3. The molecular formula is C6H11NO2. The molecule has 0 bridgehead atoms. The van der Waals surface area contributed by atoms with Crippen LogP contribution in [0.1, 0.15) is 19.8 Å². The van der Waals surface area contributed by atoms with Gasteiger partial charge in [-0.25, -0.2) is 0 Å². The van der Waals surface area contributed by atoms with Crippen molar-refractivity contribution < 1.29 is 9.90 Å². The fourth-order valence-electron chi connectivity index (χ4n) is 0.549. The molecule has 0 aromatic rings. The van der Waals surface area contributed by atoms with Crippen LogP contribution in [0.2, 0.25) is 0 Å². The summed E-state index contributed by atoms with van der Waals surface area (Å²) in [5.41, 5.74) is 0. The molecule has 1 aliphatic carbocycles. The van der Waals surface area contributed by atoms with Crippen LogP contribution < -0.4 is 5.32 Å². The Balaban J connectivity index is 2.17. The Labute approximate surface area is 54.1 Å². The second-order valence-electron chi connectivity index (χ2n) is 2.46. The van der Waals surface area contributed by atoms with E-state index in [1.807, 2.05) is 0 Å². The number of carbonyl (C=O) groups is 1. The number of rotatable bonds is 2. The number of hydrogen-bond acceptors (Lipinski definition) is 2. The van der Waals surface area contributed by atoms with E-state index in [1.165, 1.54) is 6.92 Å². The van der Waals surface area contributed by atoms with Crippen LogP contribution in [0.15, 0.2) is 0 Å². The van der Waals surface area contributed by atoms with Crippen LogP contribution in [0.4, 0.5) is 0 Å². The van der Waals surface area contributed by atoms with Crippen molar-refractivity contribution in [2.45, 2.75) is 31.9 Å². The third-order valence-electron chi connectivity index (χ3n) is 1.30. The van der Waals surface area contributed by atoms with E-state index in [1.54, 1.807) is 0 Å². The second-order valence-corrected chi connectivity index (χ2v) is 2.46. The number of aliphatic hydroxyl groups is 1. The monoisotopic (exact) mass is 129 g/mol. The van der Waals surface area contributed by atoms with Crippen LogP contribution in [0.3, 0.4) is 0 Å². The molecule has 52 valence electrons.